The lowest BCUT2D eigenvalue weighted by atomic mass is 9.95. The van der Waals surface area contributed by atoms with Crippen molar-refractivity contribution in [3.8, 4) is 0 Å². The Morgan fingerprint density at radius 3 is 3.11 bits per heavy atom. The third-order valence-electron chi connectivity index (χ3n) is 3.82. The number of ether oxygens (including phenoxy) is 1. The van der Waals surface area contributed by atoms with Gasteiger partial charge in [-0.25, -0.2) is 0 Å². The van der Waals surface area contributed by atoms with Gasteiger partial charge in [0.2, 0.25) is 0 Å². The SMILES string of the molecule is O=C(NC[C@H]1CCCO1)c1csc2c1CCCC2. The molecule has 1 fully saturated rings. The van der Waals surface area contributed by atoms with Crippen LogP contribution in [-0.2, 0) is 17.6 Å². The smallest absolute Gasteiger partial charge is 0.252 e. The standard InChI is InChI=1S/C14H19NO2S/c16-14(15-8-10-4-3-7-17-10)12-9-18-13-6-2-1-5-11(12)13/h9-10H,1-8H2,(H,15,16)/t10-/m1/s1. The van der Waals surface area contributed by atoms with Crippen molar-refractivity contribution in [1.29, 1.82) is 0 Å². The second-order valence-corrected chi connectivity index (χ2v) is 6.07. The lowest BCUT2D eigenvalue weighted by Gasteiger charge is -2.14. The third kappa shape index (κ3) is 2.45. The predicted octanol–water partition coefficient (Wildman–Crippen LogP) is 2.54. The highest BCUT2D eigenvalue weighted by atomic mass is 32.1. The first-order valence-corrected chi connectivity index (χ1v) is 7.71. The molecule has 1 aromatic heterocycles. The van der Waals surface area contributed by atoms with Gasteiger partial charge in [0.25, 0.3) is 5.91 Å². The molecule has 0 radical (unpaired) electrons. The van der Waals surface area contributed by atoms with Gasteiger partial charge in [0.1, 0.15) is 0 Å². The molecule has 2 heterocycles. The monoisotopic (exact) mass is 265 g/mol. The summed E-state index contributed by atoms with van der Waals surface area (Å²) < 4.78 is 5.52. The number of rotatable bonds is 3. The topological polar surface area (TPSA) is 38.3 Å². The quantitative estimate of drug-likeness (QED) is 0.912. The highest BCUT2D eigenvalue weighted by molar-refractivity contribution is 7.10. The van der Waals surface area contributed by atoms with Gasteiger partial charge in [-0.05, 0) is 44.1 Å². The lowest BCUT2D eigenvalue weighted by Crippen LogP contribution is -2.32. The van der Waals surface area contributed by atoms with E-state index in [2.05, 4.69) is 5.32 Å². The maximum Gasteiger partial charge on any atom is 0.252 e. The summed E-state index contributed by atoms with van der Waals surface area (Å²) >= 11 is 1.75. The molecule has 1 N–H and O–H groups in total. The molecule has 4 heteroatoms. The second kappa shape index (κ2) is 5.41. The number of carbonyl (C=O) groups excluding carboxylic acids is 1. The molecule has 1 atom stereocenters. The van der Waals surface area contributed by atoms with Gasteiger partial charge in [-0.15, -0.1) is 11.3 Å². The Balaban J connectivity index is 1.63. The molecule has 0 saturated carbocycles. The molecule has 0 bridgehead atoms. The van der Waals surface area contributed by atoms with E-state index >= 15 is 0 Å². The number of carbonyl (C=O) groups is 1. The second-order valence-electron chi connectivity index (χ2n) is 5.10. The predicted molar refractivity (Wildman–Crippen MR) is 72.3 cm³/mol. The summed E-state index contributed by atoms with van der Waals surface area (Å²) in [5, 5.41) is 5.05. The van der Waals surface area contributed by atoms with Crippen LogP contribution in [0, 0.1) is 0 Å². The highest BCUT2D eigenvalue weighted by Gasteiger charge is 2.21. The van der Waals surface area contributed by atoms with E-state index in [1.807, 2.05) is 5.38 Å². The minimum absolute atomic E-state index is 0.0879. The molecule has 98 valence electrons. The van der Waals surface area contributed by atoms with Crippen molar-refractivity contribution >= 4 is 17.2 Å². The van der Waals surface area contributed by atoms with Crippen LogP contribution in [0.3, 0.4) is 0 Å². The van der Waals surface area contributed by atoms with Gasteiger partial charge in [-0.1, -0.05) is 0 Å². The summed E-state index contributed by atoms with van der Waals surface area (Å²) in [6.45, 7) is 1.50. The number of nitrogens with one attached hydrogen (secondary N) is 1. The Morgan fingerprint density at radius 2 is 2.28 bits per heavy atom. The lowest BCUT2D eigenvalue weighted by molar-refractivity contribution is 0.0857. The van der Waals surface area contributed by atoms with Gasteiger partial charge < -0.3 is 10.1 Å². The average molecular weight is 265 g/mol. The van der Waals surface area contributed by atoms with Crippen molar-refractivity contribution < 1.29 is 9.53 Å². The van der Waals surface area contributed by atoms with Crippen LogP contribution in [0.4, 0.5) is 0 Å². The van der Waals surface area contributed by atoms with Crippen molar-refractivity contribution in [2.45, 2.75) is 44.6 Å². The molecule has 1 aliphatic carbocycles. The van der Waals surface area contributed by atoms with Crippen molar-refractivity contribution in [2.24, 2.45) is 0 Å². The van der Waals surface area contributed by atoms with Gasteiger partial charge in [-0.3, -0.25) is 4.79 Å². The number of hydrogen-bond donors (Lipinski definition) is 1. The molecule has 1 aromatic rings. The summed E-state index contributed by atoms with van der Waals surface area (Å²) in [7, 11) is 0. The zero-order valence-electron chi connectivity index (χ0n) is 10.5. The summed E-state index contributed by atoms with van der Waals surface area (Å²) in [5.41, 5.74) is 2.21. The Morgan fingerprint density at radius 1 is 1.39 bits per heavy atom. The molecule has 18 heavy (non-hydrogen) atoms. The molecule has 2 aliphatic rings. The zero-order chi connectivity index (χ0) is 12.4. The minimum Gasteiger partial charge on any atom is -0.376 e. The normalized spacial score (nSPS) is 22.8. The molecule has 1 saturated heterocycles. The fourth-order valence-electron chi connectivity index (χ4n) is 2.79. The van der Waals surface area contributed by atoms with Crippen molar-refractivity contribution in [3.63, 3.8) is 0 Å². The van der Waals surface area contributed by atoms with Gasteiger partial charge in [-0.2, -0.15) is 0 Å². The van der Waals surface area contributed by atoms with E-state index in [1.165, 1.54) is 23.3 Å². The third-order valence-corrected chi connectivity index (χ3v) is 4.91. The first-order valence-electron chi connectivity index (χ1n) is 6.83. The maximum atomic E-state index is 12.2. The Hall–Kier alpha value is -0.870. The van der Waals surface area contributed by atoms with Crippen LogP contribution in [0.2, 0.25) is 0 Å². The van der Waals surface area contributed by atoms with E-state index in [9.17, 15) is 4.79 Å². The fraction of sp³-hybridized carbons (Fsp3) is 0.643. The number of hydrogen-bond acceptors (Lipinski definition) is 3. The molecule has 1 amide bonds. The van der Waals surface area contributed by atoms with Crippen LogP contribution in [0.1, 0.15) is 46.5 Å². The van der Waals surface area contributed by atoms with E-state index in [1.54, 1.807) is 11.3 Å². The van der Waals surface area contributed by atoms with Crippen LogP contribution < -0.4 is 5.32 Å². The van der Waals surface area contributed by atoms with E-state index in [-0.39, 0.29) is 12.0 Å². The molecule has 3 nitrogen and oxygen atoms in total. The average Bonchev–Trinajstić information content (AvgIpc) is 3.05. The largest absolute Gasteiger partial charge is 0.376 e. The summed E-state index contributed by atoms with van der Waals surface area (Å²) in [4.78, 5) is 13.6. The van der Waals surface area contributed by atoms with Crippen molar-refractivity contribution in [1.82, 2.24) is 5.32 Å². The van der Waals surface area contributed by atoms with Crippen molar-refractivity contribution in [2.75, 3.05) is 13.2 Å². The van der Waals surface area contributed by atoms with E-state index in [0.717, 1.165) is 37.9 Å². The van der Waals surface area contributed by atoms with Crippen LogP contribution in [0.25, 0.3) is 0 Å². The van der Waals surface area contributed by atoms with Crippen LogP contribution in [0.15, 0.2) is 5.38 Å². The molecular formula is C14H19NO2S. The van der Waals surface area contributed by atoms with Gasteiger partial charge in [0.15, 0.2) is 0 Å². The molecular weight excluding hydrogens is 246 g/mol. The fourth-order valence-corrected chi connectivity index (χ4v) is 3.92. The zero-order valence-corrected chi connectivity index (χ0v) is 11.4. The Bertz CT molecular complexity index is 435. The summed E-state index contributed by atoms with van der Waals surface area (Å²) in [5.74, 6) is 0.0879. The number of aryl methyl sites for hydroxylation is 1. The Kier molecular flexibility index (Phi) is 3.66. The number of thiophene rings is 1. The molecule has 0 spiro atoms. The molecule has 3 rings (SSSR count). The van der Waals surface area contributed by atoms with Crippen LogP contribution >= 0.6 is 11.3 Å². The van der Waals surface area contributed by atoms with Gasteiger partial charge in [0, 0.05) is 23.4 Å². The highest BCUT2D eigenvalue weighted by Crippen LogP contribution is 2.30. The molecule has 0 aromatic carbocycles. The van der Waals surface area contributed by atoms with Gasteiger partial charge >= 0.3 is 0 Å². The van der Waals surface area contributed by atoms with Crippen LogP contribution in [0.5, 0.6) is 0 Å². The Labute approximate surface area is 112 Å². The molecule has 0 unspecified atom stereocenters. The summed E-state index contributed by atoms with van der Waals surface area (Å²) in [6.07, 6.45) is 7.13. The number of amides is 1. The van der Waals surface area contributed by atoms with E-state index < -0.39 is 0 Å². The maximum absolute atomic E-state index is 12.2. The molecule has 1 aliphatic heterocycles. The van der Waals surface area contributed by atoms with E-state index in [0.29, 0.717) is 6.54 Å². The van der Waals surface area contributed by atoms with E-state index in [4.69, 9.17) is 4.74 Å². The first-order chi connectivity index (χ1) is 8.84. The van der Waals surface area contributed by atoms with Gasteiger partial charge in [0.05, 0.1) is 11.7 Å². The number of fused-ring (bicyclic) bond motifs is 1. The van der Waals surface area contributed by atoms with Crippen molar-refractivity contribution in [3.05, 3.63) is 21.4 Å². The van der Waals surface area contributed by atoms with Crippen LogP contribution in [-0.4, -0.2) is 25.2 Å². The minimum atomic E-state index is 0.0879. The first kappa shape index (κ1) is 12.2. The summed E-state index contributed by atoms with van der Waals surface area (Å²) in [6, 6.07) is 0.